The maximum Gasteiger partial charge on any atom is 0.0823 e. The van der Waals surface area contributed by atoms with Gasteiger partial charge in [-0.1, -0.05) is 45.7 Å². The van der Waals surface area contributed by atoms with Crippen LogP contribution in [0.3, 0.4) is 0 Å². The molecule has 114 valence electrons. The van der Waals surface area contributed by atoms with E-state index in [1.165, 1.54) is 12.8 Å². The van der Waals surface area contributed by atoms with Crippen molar-refractivity contribution >= 4 is 11.6 Å². The molecule has 1 fully saturated rings. The topological polar surface area (TPSA) is 43.8 Å². The number of hydrogen-bond donors (Lipinski definition) is 1. The summed E-state index contributed by atoms with van der Waals surface area (Å²) in [4.78, 5) is 0. The first kappa shape index (κ1) is 15.8. The second kappa shape index (κ2) is 6.07. The Morgan fingerprint density at radius 2 is 2.15 bits per heavy atom. The van der Waals surface area contributed by atoms with Crippen LogP contribution in [0.25, 0.3) is 0 Å². The highest BCUT2D eigenvalue weighted by Gasteiger charge is 2.41. The van der Waals surface area contributed by atoms with Crippen molar-refractivity contribution in [3.05, 3.63) is 16.9 Å². The summed E-state index contributed by atoms with van der Waals surface area (Å²) in [7, 11) is 0. The summed E-state index contributed by atoms with van der Waals surface area (Å²) in [5.41, 5.74) is 7.60. The quantitative estimate of drug-likeness (QED) is 0.913. The van der Waals surface area contributed by atoms with Gasteiger partial charge >= 0.3 is 0 Å². The third kappa shape index (κ3) is 2.89. The number of aryl methyl sites for hydroxylation is 1. The molecule has 1 heterocycles. The van der Waals surface area contributed by atoms with Crippen molar-refractivity contribution in [3.8, 4) is 0 Å². The molecule has 0 aliphatic heterocycles. The minimum Gasteiger partial charge on any atom is -0.327 e. The SMILES string of the molecule is CCCn1ncc(Cl)c1C(C)(C)C1CCC(C)CC1N. The molecule has 4 heteroatoms. The molecule has 3 nitrogen and oxygen atoms in total. The summed E-state index contributed by atoms with van der Waals surface area (Å²) < 4.78 is 2.08. The van der Waals surface area contributed by atoms with Gasteiger partial charge < -0.3 is 5.73 Å². The van der Waals surface area contributed by atoms with Crippen molar-refractivity contribution in [2.45, 2.75) is 71.4 Å². The first-order valence-corrected chi connectivity index (χ1v) is 8.23. The molecule has 0 bridgehead atoms. The number of rotatable bonds is 4. The molecule has 3 atom stereocenters. The molecule has 0 saturated heterocycles. The molecule has 0 spiro atoms. The van der Waals surface area contributed by atoms with Crippen LogP contribution >= 0.6 is 11.6 Å². The van der Waals surface area contributed by atoms with Gasteiger partial charge in [-0.15, -0.1) is 0 Å². The number of halogens is 1. The minimum absolute atomic E-state index is 0.0255. The summed E-state index contributed by atoms with van der Waals surface area (Å²) in [6, 6.07) is 0.259. The van der Waals surface area contributed by atoms with Gasteiger partial charge in [-0.05, 0) is 31.1 Å². The van der Waals surface area contributed by atoms with Gasteiger partial charge in [0.25, 0.3) is 0 Å². The van der Waals surface area contributed by atoms with Crippen LogP contribution in [-0.2, 0) is 12.0 Å². The van der Waals surface area contributed by atoms with Gasteiger partial charge in [0.2, 0.25) is 0 Å². The highest BCUT2D eigenvalue weighted by atomic mass is 35.5. The summed E-state index contributed by atoms with van der Waals surface area (Å²) in [5.74, 6) is 1.22. The predicted molar refractivity (Wildman–Crippen MR) is 85.0 cm³/mol. The summed E-state index contributed by atoms with van der Waals surface area (Å²) in [6.07, 6.45) is 6.41. The summed E-state index contributed by atoms with van der Waals surface area (Å²) >= 11 is 6.44. The third-order valence-corrected chi connectivity index (χ3v) is 5.21. The average molecular weight is 298 g/mol. The Balaban J connectivity index is 2.32. The number of nitrogens with two attached hydrogens (primary N) is 1. The van der Waals surface area contributed by atoms with Crippen molar-refractivity contribution in [3.63, 3.8) is 0 Å². The molecule has 1 saturated carbocycles. The maximum atomic E-state index is 6.46. The van der Waals surface area contributed by atoms with Crippen LogP contribution in [0.2, 0.25) is 5.02 Å². The molecule has 1 aromatic heterocycles. The molecule has 2 rings (SSSR count). The molecular weight excluding hydrogens is 270 g/mol. The molecule has 0 radical (unpaired) electrons. The number of hydrogen-bond acceptors (Lipinski definition) is 2. The first-order chi connectivity index (χ1) is 9.37. The minimum atomic E-state index is -0.0255. The van der Waals surface area contributed by atoms with Crippen molar-refractivity contribution in [2.24, 2.45) is 17.6 Å². The van der Waals surface area contributed by atoms with Gasteiger partial charge in [0.1, 0.15) is 0 Å². The van der Waals surface area contributed by atoms with E-state index in [9.17, 15) is 0 Å². The van der Waals surface area contributed by atoms with E-state index in [1.54, 1.807) is 6.20 Å². The predicted octanol–water partition coefficient (Wildman–Crippen LogP) is 3.99. The van der Waals surface area contributed by atoms with E-state index in [1.807, 2.05) is 0 Å². The lowest BCUT2D eigenvalue weighted by Gasteiger charge is -2.43. The smallest absolute Gasteiger partial charge is 0.0823 e. The monoisotopic (exact) mass is 297 g/mol. The van der Waals surface area contributed by atoms with E-state index >= 15 is 0 Å². The van der Waals surface area contributed by atoms with Crippen molar-refractivity contribution in [2.75, 3.05) is 0 Å². The summed E-state index contributed by atoms with van der Waals surface area (Å²) in [6.45, 7) is 9.95. The van der Waals surface area contributed by atoms with Crippen LogP contribution in [0, 0.1) is 11.8 Å². The number of nitrogens with zero attached hydrogens (tertiary/aromatic N) is 2. The fraction of sp³-hybridized carbons (Fsp3) is 0.812. The van der Waals surface area contributed by atoms with Crippen LogP contribution in [0.5, 0.6) is 0 Å². The van der Waals surface area contributed by atoms with Crippen molar-refractivity contribution < 1.29 is 0 Å². The lowest BCUT2D eigenvalue weighted by molar-refractivity contribution is 0.164. The Morgan fingerprint density at radius 1 is 1.45 bits per heavy atom. The van der Waals surface area contributed by atoms with Gasteiger partial charge in [-0.3, -0.25) is 4.68 Å². The fourth-order valence-electron chi connectivity index (χ4n) is 3.88. The Bertz CT molecular complexity index is 453. The zero-order chi connectivity index (χ0) is 14.9. The molecule has 2 N–H and O–H groups in total. The van der Waals surface area contributed by atoms with E-state index in [-0.39, 0.29) is 11.5 Å². The lowest BCUT2D eigenvalue weighted by atomic mass is 9.65. The van der Waals surface area contributed by atoms with Crippen LogP contribution in [0.1, 0.15) is 59.1 Å². The highest BCUT2D eigenvalue weighted by Crippen LogP contribution is 2.43. The van der Waals surface area contributed by atoms with E-state index in [4.69, 9.17) is 17.3 Å². The maximum absolute atomic E-state index is 6.46. The Kier molecular flexibility index (Phi) is 4.80. The lowest BCUT2D eigenvalue weighted by Crippen LogP contribution is -2.46. The van der Waals surface area contributed by atoms with E-state index in [0.717, 1.165) is 36.0 Å². The van der Waals surface area contributed by atoms with Gasteiger partial charge in [0.15, 0.2) is 0 Å². The van der Waals surface area contributed by atoms with Crippen LogP contribution in [0.15, 0.2) is 6.20 Å². The van der Waals surface area contributed by atoms with Gasteiger partial charge in [0.05, 0.1) is 16.9 Å². The molecule has 1 aliphatic carbocycles. The molecular formula is C16H28ClN3. The molecule has 20 heavy (non-hydrogen) atoms. The van der Waals surface area contributed by atoms with Gasteiger partial charge in [-0.2, -0.15) is 5.10 Å². The van der Waals surface area contributed by atoms with Gasteiger partial charge in [-0.25, -0.2) is 0 Å². The van der Waals surface area contributed by atoms with E-state index in [0.29, 0.717) is 5.92 Å². The zero-order valence-electron chi connectivity index (χ0n) is 13.2. The highest BCUT2D eigenvalue weighted by molar-refractivity contribution is 6.31. The normalized spacial score (nSPS) is 27.8. The van der Waals surface area contributed by atoms with Crippen LogP contribution in [-0.4, -0.2) is 15.8 Å². The third-order valence-electron chi connectivity index (χ3n) is 4.93. The zero-order valence-corrected chi connectivity index (χ0v) is 14.0. The molecule has 1 aromatic rings. The largest absolute Gasteiger partial charge is 0.327 e. The standard InChI is InChI=1S/C16H28ClN3/c1-5-8-20-15(13(17)10-19-20)16(3,4)12-7-6-11(2)9-14(12)18/h10-12,14H,5-9,18H2,1-4H3. The Morgan fingerprint density at radius 3 is 2.75 bits per heavy atom. The molecule has 1 aliphatic rings. The Labute approximate surface area is 127 Å². The van der Waals surface area contributed by atoms with Crippen molar-refractivity contribution in [1.82, 2.24) is 9.78 Å². The van der Waals surface area contributed by atoms with E-state index < -0.39 is 0 Å². The second-order valence-corrected chi connectivity index (χ2v) is 7.38. The number of aromatic nitrogens is 2. The average Bonchev–Trinajstić information content (AvgIpc) is 2.71. The van der Waals surface area contributed by atoms with Gasteiger partial charge in [0, 0.05) is 18.0 Å². The summed E-state index contributed by atoms with van der Waals surface area (Å²) in [5, 5.41) is 5.24. The molecule has 0 amide bonds. The molecule has 0 aromatic carbocycles. The fourth-order valence-corrected chi connectivity index (χ4v) is 4.27. The molecule has 3 unspecified atom stereocenters. The van der Waals surface area contributed by atoms with E-state index in [2.05, 4.69) is 37.5 Å². The Hall–Kier alpha value is -0.540. The first-order valence-electron chi connectivity index (χ1n) is 7.85. The second-order valence-electron chi connectivity index (χ2n) is 6.97. The van der Waals surface area contributed by atoms with Crippen LogP contribution < -0.4 is 5.73 Å². The van der Waals surface area contributed by atoms with Crippen LogP contribution in [0.4, 0.5) is 0 Å². The van der Waals surface area contributed by atoms with Crippen molar-refractivity contribution in [1.29, 1.82) is 0 Å².